The van der Waals surface area contributed by atoms with E-state index in [1.807, 2.05) is 31.0 Å². The predicted molar refractivity (Wildman–Crippen MR) is 87.7 cm³/mol. The molecule has 2 fully saturated rings. The summed E-state index contributed by atoms with van der Waals surface area (Å²) < 4.78 is 1.85. The molecule has 0 spiro atoms. The molecule has 0 radical (unpaired) electrons. The lowest BCUT2D eigenvalue weighted by Crippen LogP contribution is -2.20. The summed E-state index contributed by atoms with van der Waals surface area (Å²) in [6, 6.07) is 4.81. The summed E-state index contributed by atoms with van der Waals surface area (Å²) in [6.07, 6.45) is 6.53. The van der Waals surface area contributed by atoms with Crippen LogP contribution >= 0.6 is 0 Å². The first-order chi connectivity index (χ1) is 10.7. The second-order valence-electron chi connectivity index (χ2n) is 6.73. The van der Waals surface area contributed by atoms with Gasteiger partial charge in [0.05, 0.1) is 5.69 Å². The Labute approximate surface area is 131 Å². The van der Waals surface area contributed by atoms with Crippen molar-refractivity contribution in [2.75, 3.05) is 18.4 Å². The third-order valence-electron chi connectivity index (χ3n) is 5.09. The monoisotopic (exact) mass is 297 g/mol. The van der Waals surface area contributed by atoms with E-state index in [9.17, 15) is 0 Å². The number of aryl methyl sites for hydroxylation is 2. The normalized spacial score (nSPS) is 27.1. The fourth-order valence-electron chi connectivity index (χ4n) is 4.01. The molecule has 1 saturated heterocycles. The molecule has 2 aromatic rings. The summed E-state index contributed by atoms with van der Waals surface area (Å²) in [5, 5.41) is 11.5. The molecule has 3 heterocycles. The van der Waals surface area contributed by atoms with E-state index in [2.05, 4.69) is 32.8 Å². The Hall–Kier alpha value is -1.88. The molecule has 1 saturated carbocycles. The maximum absolute atomic E-state index is 4.60. The van der Waals surface area contributed by atoms with Gasteiger partial charge in [-0.3, -0.25) is 4.68 Å². The molecular formula is C17H23N5. The molecule has 116 valence electrons. The summed E-state index contributed by atoms with van der Waals surface area (Å²) in [4.78, 5) is 4.60. The van der Waals surface area contributed by atoms with E-state index in [0.29, 0.717) is 6.04 Å². The number of aromatic nitrogens is 3. The Balaban J connectivity index is 1.45. The Morgan fingerprint density at radius 1 is 1.23 bits per heavy atom. The average Bonchev–Trinajstić information content (AvgIpc) is 3.15. The molecule has 0 unspecified atom stereocenters. The van der Waals surface area contributed by atoms with Gasteiger partial charge in [0.15, 0.2) is 0 Å². The van der Waals surface area contributed by atoms with Crippen molar-refractivity contribution in [2.24, 2.45) is 18.9 Å². The van der Waals surface area contributed by atoms with Crippen LogP contribution in [-0.4, -0.2) is 33.9 Å². The second-order valence-corrected chi connectivity index (χ2v) is 6.73. The molecule has 1 aliphatic carbocycles. The van der Waals surface area contributed by atoms with Crippen LogP contribution in [0, 0.1) is 18.8 Å². The SMILES string of the molecule is Cc1nn(C)cc1-c1ccc(N[C@@H]2C[C@H]3CNC[C@H]3C2)nc1. The number of anilines is 1. The zero-order valence-electron chi connectivity index (χ0n) is 13.2. The highest BCUT2D eigenvalue weighted by Gasteiger charge is 2.37. The first-order valence-electron chi connectivity index (χ1n) is 8.13. The van der Waals surface area contributed by atoms with Gasteiger partial charge in [0, 0.05) is 36.6 Å². The van der Waals surface area contributed by atoms with Crippen molar-refractivity contribution in [1.29, 1.82) is 0 Å². The summed E-state index contributed by atoms with van der Waals surface area (Å²) in [7, 11) is 1.95. The van der Waals surface area contributed by atoms with Crippen LogP contribution in [0.1, 0.15) is 18.5 Å². The molecule has 0 amide bonds. The molecule has 4 rings (SSSR count). The van der Waals surface area contributed by atoms with Crippen molar-refractivity contribution in [1.82, 2.24) is 20.1 Å². The maximum atomic E-state index is 4.60. The van der Waals surface area contributed by atoms with E-state index < -0.39 is 0 Å². The molecule has 0 aromatic carbocycles. The smallest absolute Gasteiger partial charge is 0.126 e. The van der Waals surface area contributed by atoms with Crippen LogP contribution in [0.4, 0.5) is 5.82 Å². The highest BCUT2D eigenvalue weighted by molar-refractivity contribution is 5.65. The minimum Gasteiger partial charge on any atom is -0.367 e. The van der Waals surface area contributed by atoms with E-state index in [0.717, 1.165) is 34.5 Å². The highest BCUT2D eigenvalue weighted by atomic mass is 15.2. The summed E-state index contributed by atoms with van der Waals surface area (Å²) in [5.74, 6) is 2.70. The van der Waals surface area contributed by atoms with Crippen molar-refractivity contribution in [2.45, 2.75) is 25.8 Å². The van der Waals surface area contributed by atoms with E-state index >= 15 is 0 Å². The van der Waals surface area contributed by atoms with Crippen LogP contribution in [0.5, 0.6) is 0 Å². The van der Waals surface area contributed by atoms with Crippen molar-refractivity contribution in [3.05, 3.63) is 30.2 Å². The largest absolute Gasteiger partial charge is 0.367 e. The highest BCUT2D eigenvalue weighted by Crippen LogP contribution is 2.35. The quantitative estimate of drug-likeness (QED) is 0.912. The van der Waals surface area contributed by atoms with E-state index in [-0.39, 0.29) is 0 Å². The first-order valence-corrected chi connectivity index (χ1v) is 8.13. The standard InChI is InChI=1S/C17H23N5/c1-11-16(10-22(2)21-11)12-3-4-17(19-9-12)20-15-5-13-7-18-8-14(13)6-15/h3-4,9-10,13-15,18H,5-8H2,1-2H3,(H,19,20)/t13-,14+,15+. The van der Waals surface area contributed by atoms with Crippen molar-refractivity contribution < 1.29 is 0 Å². The number of nitrogens with zero attached hydrogens (tertiary/aromatic N) is 3. The lowest BCUT2D eigenvalue weighted by molar-refractivity contribution is 0.494. The summed E-state index contributed by atoms with van der Waals surface area (Å²) >= 11 is 0. The van der Waals surface area contributed by atoms with Crippen molar-refractivity contribution >= 4 is 5.82 Å². The van der Waals surface area contributed by atoms with Crippen LogP contribution in [0.2, 0.25) is 0 Å². The van der Waals surface area contributed by atoms with Gasteiger partial charge in [-0.1, -0.05) is 0 Å². The van der Waals surface area contributed by atoms with Gasteiger partial charge in [0.25, 0.3) is 0 Å². The molecule has 5 heteroatoms. The number of nitrogens with one attached hydrogen (secondary N) is 2. The minimum atomic E-state index is 0.579. The number of hydrogen-bond donors (Lipinski definition) is 2. The fourth-order valence-corrected chi connectivity index (χ4v) is 4.01. The van der Waals surface area contributed by atoms with Crippen LogP contribution < -0.4 is 10.6 Å². The molecule has 2 N–H and O–H groups in total. The molecular weight excluding hydrogens is 274 g/mol. The summed E-state index contributed by atoms with van der Waals surface area (Å²) in [6.45, 7) is 4.41. The Morgan fingerprint density at radius 3 is 2.59 bits per heavy atom. The van der Waals surface area contributed by atoms with Gasteiger partial charge >= 0.3 is 0 Å². The number of fused-ring (bicyclic) bond motifs is 1. The van der Waals surface area contributed by atoms with Gasteiger partial charge in [0.1, 0.15) is 5.82 Å². The van der Waals surface area contributed by atoms with Gasteiger partial charge in [-0.25, -0.2) is 4.98 Å². The van der Waals surface area contributed by atoms with Gasteiger partial charge in [0.2, 0.25) is 0 Å². The number of rotatable bonds is 3. The fraction of sp³-hybridized carbons (Fsp3) is 0.529. The zero-order valence-corrected chi connectivity index (χ0v) is 13.2. The third-order valence-corrected chi connectivity index (χ3v) is 5.09. The lowest BCUT2D eigenvalue weighted by Gasteiger charge is -2.14. The third kappa shape index (κ3) is 2.50. The number of hydrogen-bond acceptors (Lipinski definition) is 4. The van der Waals surface area contributed by atoms with Crippen LogP contribution in [0.3, 0.4) is 0 Å². The Bertz CT molecular complexity index is 648. The van der Waals surface area contributed by atoms with Crippen molar-refractivity contribution in [3.8, 4) is 11.1 Å². The minimum absolute atomic E-state index is 0.579. The second kappa shape index (κ2) is 5.39. The molecule has 1 aliphatic heterocycles. The van der Waals surface area contributed by atoms with Crippen molar-refractivity contribution in [3.63, 3.8) is 0 Å². The van der Waals surface area contributed by atoms with E-state index in [4.69, 9.17) is 0 Å². The molecule has 5 nitrogen and oxygen atoms in total. The van der Waals surface area contributed by atoms with Gasteiger partial charge in [-0.05, 0) is 56.8 Å². The molecule has 22 heavy (non-hydrogen) atoms. The zero-order chi connectivity index (χ0) is 15.1. The lowest BCUT2D eigenvalue weighted by atomic mass is 10.0. The van der Waals surface area contributed by atoms with Crippen LogP contribution in [0.25, 0.3) is 11.1 Å². The molecule has 3 atom stereocenters. The van der Waals surface area contributed by atoms with Gasteiger partial charge in [-0.15, -0.1) is 0 Å². The van der Waals surface area contributed by atoms with Gasteiger partial charge < -0.3 is 10.6 Å². The van der Waals surface area contributed by atoms with Crippen LogP contribution in [-0.2, 0) is 7.05 Å². The van der Waals surface area contributed by atoms with Crippen LogP contribution in [0.15, 0.2) is 24.5 Å². The molecule has 2 aliphatic rings. The maximum Gasteiger partial charge on any atom is 0.126 e. The van der Waals surface area contributed by atoms with E-state index in [1.54, 1.807) is 0 Å². The molecule has 0 bridgehead atoms. The first kappa shape index (κ1) is 13.8. The predicted octanol–water partition coefficient (Wildman–Crippen LogP) is 2.20. The van der Waals surface area contributed by atoms with Gasteiger partial charge in [-0.2, -0.15) is 5.10 Å². The summed E-state index contributed by atoms with van der Waals surface area (Å²) in [5.41, 5.74) is 3.33. The van der Waals surface area contributed by atoms with E-state index in [1.165, 1.54) is 25.9 Å². The Kier molecular flexibility index (Phi) is 3.37. The topological polar surface area (TPSA) is 54.8 Å². The Morgan fingerprint density at radius 2 is 2.00 bits per heavy atom. The number of pyridine rings is 1. The molecule has 2 aromatic heterocycles. The average molecular weight is 297 g/mol.